The van der Waals surface area contributed by atoms with Crippen LogP contribution >= 0.6 is 0 Å². The van der Waals surface area contributed by atoms with E-state index in [1.807, 2.05) is 64.4 Å². The smallest absolute Gasteiger partial charge is 0.273 e. The molecule has 3 aromatic rings. The summed E-state index contributed by atoms with van der Waals surface area (Å²) in [6.07, 6.45) is 1.52. The van der Waals surface area contributed by atoms with Gasteiger partial charge < -0.3 is 0 Å². The van der Waals surface area contributed by atoms with Crippen molar-refractivity contribution in [2.45, 2.75) is 41.5 Å². The van der Waals surface area contributed by atoms with Crippen LogP contribution in [0.1, 0.15) is 39.2 Å². The second-order valence-corrected chi connectivity index (χ2v) is 8.51. The van der Waals surface area contributed by atoms with Crippen molar-refractivity contribution < 1.29 is 14.4 Å². The monoisotopic (exact) mass is 442 g/mol. The lowest BCUT2D eigenvalue weighted by Gasteiger charge is -2.26. The molecule has 0 unspecified atom stereocenters. The number of hydrogen-bond acceptors (Lipinski definition) is 4. The molecule has 0 aliphatic carbocycles. The van der Waals surface area contributed by atoms with Gasteiger partial charge in [-0.15, -0.1) is 0 Å². The first-order chi connectivity index (χ1) is 15.6. The van der Waals surface area contributed by atoms with Crippen molar-refractivity contribution in [1.29, 1.82) is 0 Å². The number of rotatable bonds is 3. The van der Waals surface area contributed by atoms with Gasteiger partial charge in [-0.05, 0) is 82.5 Å². The molecule has 2 aromatic carbocycles. The van der Waals surface area contributed by atoms with E-state index in [2.05, 4.69) is 16.5 Å². The van der Waals surface area contributed by atoms with Crippen LogP contribution in [-0.2, 0) is 9.59 Å². The molecule has 2 heterocycles. The summed E-state index contributed by atoms with van der Waals surface area (Å²) in [5.74, 6) is -1.38. The molecule has 1 aromatic heterocycles. The highest BCUT2D eigenvalue weighted by Crippen LogP contribution is 2.27. The van der Waals surface area contributed by atoms with Crippen molar-refractivity contribution in [3.05, 3.63) is 81.2 Å². The lowest BCUT2D eigenvalue weighted by molar-refractivity contribution is -0.122. The molecule has 1 saturated heterocycles. The maximum absolute atomic E-state index is 13.3. The average Bonchev–Trinajstić information content (AvgIpc) is 3.01. The number of nitrogens with zero attached hydrogens (tertiary/aromatic N) is 3. The lowest BCUT2D eigenvalue weighted by atomic mass is 10.0. The standard InChI is InChI=1S/C26H26N4O3/c1-14-7-10-23(17(4)11-14)30-19(6)21(18(5)28-30)13-22-24(31)27-26(33)29(25(22)32)20-9-8-15(2)16(3)12-20/h7-13H,1-6H3,(H,27,31,33)/b22-13+. The van der Waals surface area contributed by atoms with E-state index in [1.165, 1.54) is 6.08 Å². The highest BCUT2D eigenvalue weighted by atomic mass is 16.2. The fourth-order valence-corrected chi connectivity index (χ4v) is 4.04. The van der Waals surface area contributed by atoms with E-state index in [0.717, 1.165) is 38.5 Å². The summed E-state index contributed by atoms with van der Waals surface area (Å²) in [6.45, 7) is 11.6. The summed E-state index contributed by atoms with van der Waals surface area (Å²) in [7, 11) is 0. The predicted molar refractivity (Wildman–Crippen MR) is 127 cm³/mol. The highest BCUT2D eigenvalue weighted by molar-refractivity contribution is 6.39. The number of urea groups is 1. The van der Waals surface area contributed by atoms with Crippen LogP contribution in [0.25, 0.3) is 11.8 Å². The maximum Gasteiger partial charge on any atom is 0.335 e. The number of benzene rings is 2. The molecule has 0 spiro atoms. The van der Waals surface area contributed by atoms with Gasteiger partial charge in [0.05, 0.1) is 17.1 Å². The molecule has 0 radical (unpaired) electrons. The van der Waals surface area contributed by atoms with Gasteiger partial charge in [0, 0.05) is 11.3 Å². The van der Waals surface area contributed by atoms with E-state index < -0.39 is 17.8 Å². The molecule has 4 amide bonds. The fourth-order valence-electron chi connectivity index (χ4n) is 4.04. The van der Waals surface area contributed by atoms with Gasteiger partial charge in [-0.2, -0.15) is 5.10 Å². The number of hydrogen-bond donors (Lipinski definition) is 1. The van der Waals surface area contributed by atoms with Crippen LogP contribution in [0.5, 0.6) is 0 Å². The first kappa shape index (κ1) is 22.2. The van der Waals surface area contributed by atoms with Gasteiger partial charge in [-0.3, -0.25) is 14.9 Å². The Bertz CT molecular complexity index is 1360. The zero-order chi connectivity index (χ0) is 24.0. The van der Waals surface area contributed by atoms with Crippen LogP contribution in [0.4, 0.5) is 10.5 Å². The van der Waals surface area contributed by atoms with Gasteiger partial charge in [0.2, 0.25) is 0 Å². The van der Waals surface area contributed by atoms with Gasteiger partial charge in [-0.1, -0.05) is 23.8 Å². The van der Waals surface area contributed by atoms with E-state index >= 15 is 0 Å². The molecular weight excluding hydrogens is 416 g/mol. The quantitative estimate of drug-likeness (QED) is 0.482. The third-order valence-electron chi connectivity index (χ3n) is 6.07. The SMILES string of the molecule is Cc1ccc(-n2nc(C)c(/C=C3\C(=O)NC(=O)N(c4ccc(C)c(C)c4)C3=O)c2C)c(C)c1. The summed E-state index contributed by atoms with van der Waals surface area (Å²) in [5.41, 5.74) is 7.58. The Morgan fingerprint density at radius 2 is 1.58 bits per heavy atom. The van der Waals surface area contributed by atoms with E-state index in [1.54, 1.807) is 12.1 Å². The lowest BCUT2D eigenvalue weighted by Crippen LogP contribution is -2.54. The third-order valence-corrected chi connectivity index (χ3v) is 6.07. The molecular formula is C26H26N4O3. The molecule has 1 aliphatic heterocycles. The molecule has 0 saturated carbocycles. The molecule has 33 heavy (non-hydrogen) atoms. The second kappa shape index (κ2) is 8.16. The Balaban J connectivity index is 1.79. The maximum atomic E-state index is 13.3. The van der Waals surface area contributed by atoms with Crippen molar-refractivity contribution in [2.75, 3.05) is 4.90 Å². The minimum absolute atomic E-state index is 0.112. The fraction of sp³-hybridized carbons (Fsp3) is 0.231. The number of nitrogens with one attached hydrogen (secondary N) is 1. The first-order valence-corrected chi connectivity index (χ1v) is 10.7. The summed E-state index contributed by atoms with van der Waals surface area (Å²) >= 11 is 0. The van der Waals surface area contributed by atoms with E-state index in [0.29, 0.717) is 16.9 Å². The largest absolute Gasteiger partial charge is 0.335 e. The Hall–Kier alpha value is -4.00. The predicted octanol–water partition coefficient (Wildman–Crippen LogP) is 4.39. The Morgan fingerprint density at radius 3 is 2.24 bits per heavy atom. The van der Waals surface area contributed by atoms with Crippen LogP contribution in [-0.4, -0.2) is 27.6 Å². The van der Waals surface area contributed by atoms with E-state index in [-0.39, 0.29) is 5.57 Å². The third kappa shape index (κ3) is 3.86. The normalized spacial score (nSPS) is 15.4. The number of carbonyl (C=O) groups is 3. The van der Waals surface area contributed by atoms with Crippen LogP contribution < -0.4 is 10.2 Å². The molecule has 1 aliphatic rings. The Labute approximate surface area is 192 Å². The first-order valence-electron chi connectivity index (χ1n) is 10.7. The molecule has 4 rings (SSSR count). The van der Waals surface area contributed by atoms with E-state index in [9.17, 15) is 14.4 Å². The minimum atomic E-state index is -0.759. The highest BCUT2D eigenvalue weighted by Gasteiger charge is 2.37. The Morgan fingerprint density at radius 1 is 0.848 bits per heavy atom. The molecule has 0 bridgehead atoms. The van der Waals surface area contributed by atoms with Gasteiger partial charge in [-0.25, -0.2) is 14.4 Å². The second-order valence-electron chi connectivity index (χ2n) is 8.51. The minimum Gasteiger partial charge on any atom is -0.273 e. The van der Waals surface area contributed by atoms with Crippen molar-refractivity contribution in [3.63, 3.8) is 0 Å². The van der Waals surface area contributed by atoms with Crippen molar-refractivity contribution in [3.8, 4) is 5.69 Å². The number of aryl methyl sites for hydroxylation is 5. The van der Waals surface area contributed by atoms with Crippen LogP contribution in [0.3, 0.4) is 0 Å². The van der Waals surface area contributed by atoms with Crippen molar-refractivity contribution in [2.24, 2.45) is 0 Å². The van der Waals surface area contributed by atoms with Gasteiger partial charge in [0.1, 0.15) is 5.57 Å². The number of barbiturate groups is 1. The van der Waals surface area contributed by atoms with Crippen molar-refractivity contribution >= 4 is 29.6 Å². The van der Waals surface area contributed by atoms with Crippen LogP contribution in [0, 0.1) is 41.5 Å². The molecule has 1 fully saturated rings. The number of carbonyl (C=O) groups excluding carboxylic acids is 3. The summed E-state index contributed by atoms with van der Waals surface area (Å²) in [4.78, 5) is 39.4. The number of aromatic nitrogens is 2. The van der Waals surface area contributed by atoms with Gasteiger partial charge in [0.15, 0.2) is 0 Å². The van der Waals surface area contributed by atoms with Crippen LogP contribution in [0.15, 0.2) is 42.0 Å². The summed E-state index contributed by atoms with van der Waals surface area (Å²) in [5, 5.41) is 6.94. The summed E-state index contributed by atoms with van der Waals surface area (Å²) in [6, 6.07) is 10.6. The molecule has 1 N–H and O–H groups in total. The molecule has 0 atom stereocenters. The topological polar surface area (TPSA) is 84.3 Å². The zero-order valence-corrected chi connectivity index (χ0v) is 19.6. The van der Waals surface area contributed by atoms with Gasteiger partial charge in [0.25, 0.3) is 11.8 Å². The summed E-state index contributed by atoms with van der Waals surface area (Å²) < 4.78 is 1.81. The number of anilines is 1. The van der Waals surface area contributed by atoms with Gasteiger partial charge >= 0.3 is 6.03 Å². The zero-order valence-electron chi connectivity index (χ0n) is 19.6. The average molecular weight is 443 g/mol. The molecule has 168 valence electrons. The van der Waals surface area contributed by atoms with Crippen molar-refractivity contribution in [1.82, 2.24) is 15.1 Å². The Kier molecular flexibility index (Phi) is 5.49. The molecule has 7 nitrogen and oxygen atoms in total. The number of imide groups is 2. The molecule has 7 heteroatoms. The number of amides is 4. The van der Waals surface area contributed by atoms with Crippen LogP contribution in [0.2, 0.25) is 0 Å². The van der Waals surface area contributed by atoms with E-state index in [4.69, 9.17) is 0 Å².